The number of cyclic esters (lactones) is 2. The molecule has 2 saturated heterocycles. The molecule has 0 saturated carbocycles. The molecule has 0 radical (unpaired) electrons. The van der Waals surface area contributed by atoms with Gasteiger partial charge in [0, 0.05) is 50.3 Å². The Balaban J connectivity index is 2.04. The Morgan fingerprint density at radius 3 is 2.31 bits per heavy atom. The summed E-state index contributed by atoms with van der Waals surface area (Å²) < 4.78 is 10.2. The molecule has 0 N–H and O–H groups in total. The highest BCUT2D eigenvalue weighted by Gasteiger charge is 2.39. The summed E-state index contributed by atoms with van der Waals surface area (Å²) >= 11 is 0. The van der Waals surface area contributed by atoms with Crippen molar-refractivity contribution in [2.45, 2.75) is 38.9 Å². The average Bonchev–Trinajstić information content (AvgIpc) is 2.58. The zero-order chi connectivity index (χ0) is 18.9. The normalized spacial score (nSPS) is 19.6. The predicted molar refractivity (Wildman–Crippen MR) is 93.4 cm³/mol. The molecule has 0 unspecified atom stereocenters. The molecule has 2 aliphatic heterocycles. The molecule has 0 aromatic heterocycles. The predicted octanol–water partition coefficient (Wildman–Crippen LogP) is 2.80. The van der Waals surface area contributed by atoms with E-state index >= 15 is 0 Å². The number of benzene rings is 1. The van der Waals surface area contributed by atoms with Crippen LogP contribution < -0.4 is 4.90 Å². The van der Waals surface area contributed by atoms with Gasteiger partial charge in [0.1, 0.15) is 5.57 Å². The Morgan fingerprint density at radius 2 is 1.73 bits per heavy atom. The first kappa shape index (κ1) is 17.9. The summed E-state index contributed by atoms with van der Waals surface area (Å²) in [5.41, 5.74) is 0.775. The maximum atomic E-state index is 12.2. The summed E-state index contributed by atoms with van der Waals surface area (Å²) in [5.74, 6) is -2.94. The Morgan fingerprint density at radius 1 is 1.12 bits per heavy atom. The van der Waals surface area contributed by atoms with Gasteiger partial charge < -0.3 is 14.4 Å². The number of esters is 2. The summed E-state index contributed by atoms with van der Waals surface area (Å²) in [6.45, 7) is 4.56. The van der Waals surface area contributed by atoms with Gasteiger partial charge >= 0.3 is 11.9 Å². The van der Waals surface area contributed by atoms with Crippen molar-refractivity contribution in [2.75, 3.05) is 18.0 Å². The van der Waals surface area contributed by atoms with Crippen molar-refractivity contribution in [1.29, 1.82) is 0 Å². The summed E-state index contributed by atoms with van der Waals surface area (Å²) in [5, 5.41) is 11.1. The van der Waals surface area contributed by atoms with Crippen molar-refractivity contribution in [3.8, 4) is 0 Å². The number of nitro benzene ring substituents is 1. The highest BCUT2D eigenvalue weighted by atomic mass is 16.7. The summed E-state index contributed by atoms with van der Waals surface area (Å²) in [6.07, 6.45) is 4.49. The molecule has 8 heteroatoms. The van der Waals surface area contributed by atoms with Crippen molar-refractivity contribution < 1.29 is 24.0 Å². The van der Waals surface area contributed by atoms with Crippen molar-refractivity contribution >= 4 is 29.4 Å². The van der Waals surface area contributed by atoms with Crippen LogP contribution in [0.15, 0.2) is 23.8 Å². The second-order valence-electron chi connectivity index (χ2n) is 6.78. The van der Waals surface area contributed by atoms with Crippen LogP contribution in [-0.4, -0.2) is 35.7 Å². The van der Waals surface area contributed by atoms with Gasteiger partial charge in [0.05, 0.1) is 4.92 Å². The smallest absolute Gasteiger partial charge is 0.348 e. The van der Waals surface area contributed by atoms with Crippen LogP contribution in [0.5, 0.6) is 0 Å². The molecule has 2 aliphatic rings. The van der Waals surface area contributed by atoms with Gasteiger partial charge in [-0.1, -0.05) is 0 Å². The molecule has 2 fully saturated rings. The molecule has 3 rings (SSSR count). The van der Waals surface area contributed by atoms with Gasteiger partial charge in [-0.05, 0) is 31.4 Å². The number of hydrogen-bond acceptors (Lipinski definition) is 7. The van der Waals surface area contributed by atoms with Crippen LogP contribution in [0, 0.1) is 10.1 Å². The lowest BCUT2D eigenvalue weighted by atomic mass is 10.0. The standard InChI is InChI=1S/C18H20N2O6/c1-18(2)25-16(21)14(17(22)26-18)11-12-10-13(20(23)24)6-7-15(12)19-8-4-3-5-9-19/h6-7,10-11H,3-5,8-9H2,1-2H3. The van der Waals surface area contributed by atoms with E-state index in [0.29, 0.717) is 5.56 Å². The Labute approximate surface area is 150 Å². The van der Waals surface area contributed by atoms with E-state index in [1.807, 2.05) is 0 Å². The zero-order valence-electron chi connectivity index (χ0n) is 14.7. The molecule has 0 aliphatic carbocycles. The number of nitrogens with zero attached hydrogens (tertiary/aromatic N) is 2. The van der Waals surface area contributed by atoms with Gasteiger partial charge in [-0.15, -0.1) is 0 Å². The van der Waals surface area contributed by atoms with E-state index in [-0.39, 0.29) is 11.3 Å². The molecule has 26 heavy (non-hydrogen) atoms. The molecule has 0 bridgehead atoms. The molecule has 138 valence electrons. The first-order valence-electron chi connectivity index (χ1n) is 8.48. The number of non-ortho nitro benzene ring substituents is 1. The van der Waals surface area contributed by atoms with Gasteiger partial charge in [0.15, 0.2) is 0 Å². The molecule has 0 atom stereocenters. The van der Waals surface area contributed by atoms with Crippen LogP contribution in [0.25, 0.3) is 6.08 Å². The fourth-order valence-corrected chi connectivity index (χ4v) is 3.13. The molecule has 2 heterocycles. The number of carbonyl (C=O) groups is 2. The van der Waals surface area contributed by atoms with Gasteiger partial charge in [-0.25, -0.2) is 9.59 Å². The van der Waals surface area contributed by atoms with Gasteiger partial charge in [-0.3, -0.25) is 10.1 Å². The van der Waals surface area contributed by atoms with E-state index in [0.717, 1.165) is 38.0 Å². The number of nitro groups is 1. The van der Waals surface area contributed by atoms with Crippen LogP contribution in [0.4, 0.5) is 11.4 Å². The van der Waals surface area contributed by atoms with E-state index < -0.39 is 22.6 Å². The largest absolute Gasteiger partial charge is 0.419 e. The summed E-state index contributed by atoms with van der Waals surface area (Å²) in [6, 6.07) is 4.43. The lowest BCUT2D eigenvalue weighted by molar-refractivity contribution is -0.384. The fourth-order valence-electron chi connectivity index (χ4n) is 3.13. The summed E-state index contributed by atoms with van der Waals surface area (Å²) in [4.78, 5) is 37.1. The number of carbonyl (C=O) groups excluding carboxylic acids is 2. The average molecular weight is 360 g/mol. The molecule has 0 spiro atoms. The molecular weight excluding hydrogens is 340 g/mol. The molecule has 8 nitrogen and oxygen atoms in total. The lowest BCUT2D eigenvalue weighted by Gasteiger charge is -2.31. The minimum atomic E-state index is -1.33. The zero-order valence-corrected chi connectivity index (χ0v) is 14.7. The van der Waals surface area contributed by atoms with Gasteiger partial charge in [0.2, 0.25) is 0 Å². The van der Waals surface area contributed by atoms with Gasteiger partial charge in [0.25, 0.3) is 11.5 Å². The Hall–Kier alpha value is -2.90. The SMILES string of the molecule is CC1(C)OC(=O)C(=Cc2cc([N+](=O)[O-])ccc2N2CCCCC2)C(=O)O1. The molecule has 0 amide bonds. The fraction of sp³-hybridized carbons (Fsp3) is 0.444. The first-order valence-corrected chi connectivity index (χ1v) is 8.48. The Kier molecular flexibility index (Phi) is 4.67. The quantitative estimate of drug-likeness (QED) is 0.269. The van der Waals surface area contributed by atoms with E-state index in [4.69, 9.17) is 9.47 Å². The highest BCUT2D eigenvalue weighted by molar-refractivity contribution is 6.19. The van der Waals surface area contributed by atoms with E-state index in [1.54, 1.807) is 6.07 Å². The third kappa shape index (κ3) is 3.68. The number of hydrogen-bond donors (Lipinski definition) is 0. The van der Waals surface area contributed by atoms with Gasteiger partial charge in [-0.2, -0.15) is 0 Å². The first-order chi connectivity index (χ1) is 12.3. The minimum Gasteiger partial charge on any atom is -0.419 e. The van der Waals surface area contributed by atoms with E-state index in [9.17, 15) is 19.7 Å². The van der Waals surface area contributed by atoms with Crippen molar-refractivity contribution in [2.24, 2.45) is 0 Å². The number of rotatable bonds is 3. The molecule has 1 aromatic carbocycles. The minimum absolute atomic E-state index is 0.115. The Bertz CT molecular complexity index is 771. The maximum Gasteiger partial charge on any atom is 0.348 e. The molecule has 1 aromatic rings. The third-order valence-electron chi connectivity index (χ3n) is 4.34. The van der Waals surface area contributed by atoms with Crippen LogP contribution in [0.1, 0.15) is 38.7 Å². The maximum absolute atomic E-state index is 12.2. The second kappa shape index (κ2) is 6.78. The highest BCUT2D eigenvalue weighted by Crippen LogP contribution is 2.31. The number of piperidine rings is 1. The van der Waals surface area contributed by atoms with Crippen LogP contribution in [0.3, 0.4) is 0 Å². The molecular formula is C18H20N2O6. The van der Waals surface area contributed by atoms with Crippen molar-refractivity contribution in [1.82, 2.24) is 0 Å². The van der Waals surface area contributed by atoms with E-state index in [1.165, 1.54) is 32.1 Å². The van der Waals surface area contributed by atoms with Crippen LogP contribution in [0.2, 0.25) is 0 Å². The monoisotopic (exact) mass is 360 g/mol. The van der Waals surface area contributed by atoms with Crippen molar-refractivity contribution in [3.63, 3.8) is 0 Å². The number of ether oxygens (including phenoxy) is 2. The topological polar surface area (TPSA) is 99.0 Å². The third-order valence-corrected chi connectivity index (χ3v) is 4.34. The number of anilines is 1. The second-order valence-corrected chi connectivity index (χ2v) is 6.78. The van der Waals surface area contributed by atoms with Crippen LogP contribution in [-0.2, 0) is 19.1 Å². The lowest BCUT2D eigenvalue weighted by Crippen LogP contribution is -2.41. The van der Waals surface area contributed by atoms with Crippen LogP contribution >= 0.6 is 0 Å². The summed E-state index contributed by atoms with van der Waals surface area (Å²) in [7, 11) is 0. The van der Waals surface area contributed by atoms with E-state index in [2.05, 4.69) is 4.90 Å². The van der Waals surface area contributed by atoms with Crippen molar-refractivity contribution in [3.05, 3.63) is 39.4 Å².